The van der Waals surface area contributed by atoms with Crippen molar-refractivity contribution in [1.29, 1.82) is 0 Å². The second kappa shape index (κ2) is 12.1. The topological polar surface area (TPSA) is 48.8 Å². The summed E-state index contributed by atoms with van der Waals surface area (Å²) >= 11 is 0. The lowest BCUT2D eigenvalue weighted by molar-refractivity contribution is -0.130. The number of carbonyl (C=O) groups excluding carboxylic acids is 1. The maximum atomic E-state index is 14.5. The molecule has 0 spiro atoms. The third-order valence-corrected chi connectivity index (χ3v) is 8.60. The van der Waals surface area contributed by atoms with Gasteiger partial charge >= 0.3 is 0 Å². The number of aryl methyl sites for hydroxylation is 1. The first-order valence-electron chi connectivity index (χ1n) is 14.7. The van der Waals surface area contributed by atoms with E-state index in [-0.39, 0.29) is 11.7 Å². The van der Waals surface area contributed by atoms with Crippen LogP contribution in [0.25, 0.3) is 0 Å². The largest absolute Gasteiger partial charge is 0.303 e. The molecule has 1 aromatic heterocycles. The van der Waals surface area contributed by atoms with E-state index in [0.29, 0.717) is 41.5 Å². The number of rotatable bonds is 8. The van der Waals surface area contributed by atoms with Gasteiger partial charge in [-0.15, -0.1) is 0 Å². The predicted octanol–water partition coefficient (Wildman–Crippen LogP) is 6.61. The molecule has 6 rings (SSSR count). The maximum Gasteiger partial charge on any atom is 0.265 e. The van der Waals surface area contributed by atoms with E-state index in [2.05, 4.69) is 9.88 Å². The minimum Gasteiger partial charge on any atom is -0.303 e. The molecule has 220 valence electrons. The van der Waals surface area contributed by atoms with Gasteiger partial charge in [-0.1, -0.05) is 36.4 Å². The van der Waals surface area contributed by atoms with E-state index in [4.69, 9.17) is 4.99 Å². The number of halogens is 3. The third kappa shape index (κ3) is 5.71. The third-order valence-electron chi connectivity index (χ3n) is 8.60. The van der Waals surface area contributed by atoms with Gasteiger partial charge in [0.2, 0.25) is 0 Å². The van der Waals surface area contributed by atoms with Crippen LogP contribution in [0, 0.1) is 24.4 Å². The minimum absolute atomic E-state index is 0.204. The number of nitrogens with zero attached hydrogens (tertiary/aromatic N) is 4. The van der Waals surface area contributed by atoms with Crippen LogP contribution < -0.4 is 0 Å². The Morgan fingerprint density at radius 2 is 1.56 bits per heavy atom. The van der Waals surface area contributed by atoms with Crippen molar-refractivity contribution < 1.29 is 18.0 Å². The van der Waals surface area contributed by atoms with Crippen molar-refractivity contribution in [2.75, 3.05) is 26.2 Å². The number of carbonyl (C=O) groups is 1. The Hall–Kier alpha value is -4.30. The average molecular weight is 583 g/mol. The van der Waals surface area contributed by atoms with Gasteiger partial charge in [-0.05, 0) is 123 Å². The Bertz CT molecular complexity index is 1630. The lowest BCUT2D eigenvalue weighted by atomic mass is 9.82. The van der Waals surface area contributed by atoms with Crippen LogP contribution in [0.4, 0.5) is 13.2 Å². The molecule has 1 atom stereocenters. The summed E-state index contributed by atoms with van der Waals surface area (Å²) in [6, 6.07) is 22.0. The molecule has 0 aliphatic carbocycles. The van der Waals surface area contributed by atoms with E-state index in [9.17, 15) is 18.0 Å². The highest BCUT2D eigenvalue weighted by molar-refractivity contribution is 6.16. The standard InChI is InChI=1S/C35H33F3N4O/c1-24-22-30(38)13-14-31(24)25-15-20-41(21-16-25)18-5-19-42-33(32-8-2-3-17-39-32)40-35(34(42)43,26-9-11-28(36)12-10-26)27-6-4-7-29(37)23-27/h2-4,6-14,17,22-23,25H,5,15-16,18-21H2,1H3. The van der Waals surface area contributed by atoms with E-state index < -0.39 is 17.2 Å². The fourth-order valence-electron chi connectivity index (χ4n) is 6.42. The molecule has 0 saturated carbocycles. The van der Waals surface area contributed by atoms with Gasteiger partial charge in [-0.3, -0.25) is 14.7 Å². The molecule has 1 saturated heterocycles. The SMILES string of the molecule is Cc1cc(F)ccc1C1CCN(CCCN2C(=O)C(c3ccc(F)cc3)(c3cccc(F)c3)N=C2c2ccccn2)CC1. The van der Waals surface area contributed by atoms with Crippen LogP contribution >= 0.6 is 0 Å². The molecule has 0 bridgehead atoms. The molecule has 1 unspecified atom stereocenters. The highest BCUT2D eigenvalue weighted by atomic mass is 19.1. The summed E-state index contributed by atoms with van der Waals surface area (Å²) in [5, 5.41) is 0. The summed E-state index contributed by atoms with van der Waals surface area (Å²) in [4.78, 5) is 28.0. The fourth-order valence-corrected chi connectivity index (χ4v) is 6.42. The van der Waals surface area contributed by atoms with Crippen LogP contribution in [0.1, 0.15) is 53.1 Å². The Morgan fingerprint density at radius 3 is 2.26 bits per heavy atom. The molecule has 0 N–H and O–H groups in total. The fraction of sp³-hybridized carbons (Fsp3) is 0.286. The van der Waals surface area contributed by atoms with E-state index in [1.165, 1.54) is 48.0 Å². The van der Waals surface area contributed by atoms with Crippen molar-refractivity contribution in [3.8, 4) is 0 Å². The van der Waals surface area contributed by atoms with E-state index in [0.717, 1.165) is 38.0 Å². The van der Waals surface area contributed by atoms with Crippen molar-refractivity contribution in [2.24, 2.45) is 4.99 Å². The van der Waals surface area contributed by atoms with E-state index in [1.807, 2.05) is 19.1 Å². The number of pyridine rings is 1. The number of amidine groups is 1. The Labute approximate surface area is 249 Å². The second-order valence-electron chi connectivity index (χ2n) is 11.3. The number of hydrogen-bond acceptors (Lipinski definition) is 4. The first kappa shape index (κ1) is 28.8. The molecule has 4 aromatic rings. The first-order chi connectivity index (χ1) is 20.8. The lowest BCUT2D eigenvalue weighted by Crippen LogP contribution is -2.43. The molecule has 3 aromatic carbocycles. The van der Waals surface area contributed by atoms with Crippen molar-refractivity contribution in [1.82, 2.24) is 14.8 Å². The molecule has 1 amide bonds. The second-order valence-corrected chi connectivity index (χ2v) is 11.3. The summed E-state index contributed by atoms with van der Waals surface area (Å²) in [6.45, 7) is 4.98. The zero-order valence-electron chi connectivity index (χ0n) is 24.0. The molecule has 2 aliphatic rings. The van der Waals surface area contributed by atoms with Crippen LogP contribution in [0.5, 0.6) is 0 Å². The number of benzene rings is 3. The first-order valence-corrected chi connectivity index (χ1v) is 14.7. The van der Waals surface area contributed by atoms with Crippen LogP contribution in [-0.2, 0) is 10.3 Å². The van der Waals surface area contributed by atoms with Gasteiger partial charge in [-0.2, -0.15) is 0 Å². The van der Waals surface area contributed by atoms with Gasteiger partial charge in [0.1, 0.15) is 23.1 Å². The van der Waals surface area contributed by atoms with Gasteiger partial charge < -0.3 is 4.90 Å². The quantitative estimate of drug-likeness (QED) is 0.235. The Kier molecular flexibility index (Phi) is 8.13. The summed E-state index contributed by atoms with van der Waals surface area (Å²) in [5.41, 5.74) is 2.00. The number of amides is 1. The summed E-state index contributed by atoms with van der Waals surface area (Å²) in [5.74, 6) is -0.639. The number of likely N-dealkylation sites (tertiary alicyclic amines) is 1. The molecule has 8 heteroatoms. The van der Waals surface area contributed by atoms with Crippen LogP contribution in [-0.4, -0.2) is 52.7 Å². The summed E-state index contributed by atoms with van der Waals surface area (Å²) < 4.78 is 42.1. The van der Waals surface area contributed by atoms with Crippen molar-refractivity contribution in [3.63, 3.8) is 0 Å². The zero-order chi connectivity index (χ0) is 30.0. The maximum absolute atomic E-state index is 14.5. The smallest absolute Gasteiger partial charge is 0.265 e. The summed E-state index contributed by atoms with van der Waals surface area (Å²) in [7, 11) is 0. The van der Waals surface area contributed by atoms with Gasteiger partial charge in [0, 0.05) is 12.7 Å². The Morgan fingerprint density at radius 1 is 0.814 bits per heavy atom. The normalized spacial score (nSPS) is 19.6. The number of aliphatic imine (C=N–C) groups is 1. The van der Waals surface area contributed by atoms with Gasteiger partial charge in [0.15, 0.2) is 11.4 Å². The zero-order valence-corrected chi connectivity index (χ0v) is 24.0. The molecule has 43 heavy (non-hydrogen) atoms. The predicted molar refractivity (Wildman–Crippen MR) is 160 cm³/mol. The molecule has 2 aliphatic heterocycles. The molecular formula is C35H33F3N4O. The number of piperidine rings is 1. The highest BCUT2D eigenvalue weighted by Crippen LogP contribution is 2.41. The number of hydrogen-bond donors (Lipinski definition) is 0. The number of aromatic nitrogens is 1. The van der Waals surface area contributed by atoms with E-state index in [1.54, 1.807) is 41.4 Å². The highest BCUT2D eigenvalue weighted by Gasteiger charge is 2.51. The van der Waals surface area contributed by atoms with Crippen molar-refractivity contribution in [2.45, 2.75) is 37.6 Å². The van der Waals surface area contributed by atoms with Crippen molar-refractivity contribution in [3.05, 3.63) is 137 Å². The molecule has 5 nitrogen and oxygen atoms in total. The molecule has 0 radical (unpaired) electrons. The lowest BCUT2D eigenvalue weighted by Gasteiger charge is -2.33. The average Bonchev–Trinajstić information content (AvgIpc) is 3.31. The van der Waals surface area contributed by atoms with Crippen LogP contribution in [0.15, 0.2) is 96.1 Å². The van der Waals surface area contributed by atoms with E-state index >= 15 is 0 Å². The molecule has 1 fully saturated rings. The van der Waals surface area contributed by atoms with Crippen LogP contribution in [0.3, 0.4) is 0 Å². The minimum atomic E-state index is -1.58. The Balaban J connectivity index is 1.24. The van der Waals surface area contributed by atoms with Gasteiger partial charge in [0.05, 0.1) is 0 Å². The van der Waals surface area contributed by atoms with Gasteiger partial charge in [0.25, 0.3) is 5.91 Å². The van der Waals surface area contributed by atoms with Crippen molar-refractivity contribution >= 4 is 11.7 Å². The monoisotopic (exact) mass is 582 g/mol. The molecule has 3 heterocycles. The van der Waals surface area contributed by atoms with Gasteiger partial charge in [-0.25, -0.2) is 18.2 Å². The molecular weight excluding hydrogens is 549 g/mol. The van der Waals surface area contributed by atoms with Crippen LogP contribution in [0.2, 0.25) is 0 Å². The summed E-state index contributed by atoms with van der Waals surface area (Å²) in [6.07, 6.45) is 4.32.